The van der Waals surface area contributed by atoms with Crippen LogP contribution in [0.1, 0.15) is 37.4 Å². The van der Waals surface area contributed by atoms with Gasteiger partial charge in [0, 0.05) is 39.3 Å². The highest BCUT2D eigenvalue weighted by molar-refractivity contribution is 5.79. The zero-order valence-corrected chi connectivity index (χ0v) is 20.5. The molecule has 0 radical (unpaired) electrons. The maximum atomic E-state index is 13.0. The number of benzene rings is 2. The maximum absolute atomic E-state index is 13.0. The van der Waals surface area contributed by atoms with Gasteiger partial charge in [-0.25, -0.2) is 0 Å². The minimum absolute atomic E-state index is 0.0264. The largest absolute Gasteiger partial charge is 0.344 e. The summed E-state index contributed by atoms with van der Waals surface area (Å²) in [6, 6.07) is 20.0. The molecule has 1 N–H and O–H groups in total. The molecule has 182 valence electrons. The van der Waals surface area contributed by atoms with Crippen molar-refractivity contribution in [3.8, 4) is 0 Å². The summed E-state index contributed by atoms with van der Waals surface area (Å²) in [6.45, 7) is 10.3. The first-order valence-corrected chi connectivity index (χ1v) is 12.6. The van der Waals surface area contributed by atoms with Crippen LogP contribution in [0.4, 0.5) is 0 Å². The molecule has 0 spiro atoms. The molecule has 2 fully saturated rings. The van der Waals surface area contributed by atoms with Crippen LogP contribution in [0.5, 0.6) is 0 Å². The lowest BCUT2D eigenvalue weighted by atomic mass is 9.92. The molecule has 6 heteroatoms. The molecule has 2 aliphatic heterocycles. The van der Waals surface area contributed by atoms with E-state index in [0.29, 0.717) is 24.9 Å². The van der Waals surface area contributed by atoms with E-state index in [1.165, 1.54) is 6.42 Å². The number of likely N-dealkylation sites (tertiary alicyclic amines) is 1. The Labute approximate surface area is 203 Å². The van der Waals surface area contributed by atoms with E-state index in [0.717, 1.165) is 50.4 Å². The van der Waals surface area contributed by atoms with Gasteiger partial charge in [-0.2, -0.15) is 0 Å². The van der Waals surface area contributed by atoms with Crippen LogP contribution in [0.2, 0.25) is 0 Å². The second-order valence-electron chi connectivity index (χ2n) is 10.1. The second-order valence-corrected chi connectivity index (χ2v) is 10.1. The fraction of sp³-hybridized carbons (Fsp3) is 0.500. The minimum Gasteiger partial charge on any atom is -0.344 e. The smallest absolute Gasteiger partial charge is 0.236 e. The molecule has 2 aromatic rings. The van der Waals surface area contributed by atoms with Gasteiger partial charge in [0.25, 0.3) is 0 Å². The summed E-state index contributed by atoms with van der Waals surface area (Å²) in [5, 5.41) is 3.24. The van der Waals surface area contributed by atoms with Gasteiger partial charge in [0.2, 0.25) is 11.8 Å². The number of hydrogen-bond donors (Lipinski definition) is 1. The highest BCUT2D eigenvalue weighted by Gasteiger charge is 2.28. The molecule has 2 unspecified atom stereocenters. The monoisotopic (exact) mass is 462 g/mol. The molecule has 34 heavy (non-hydrogen) atoms. The topological polar surface area (TPSA) is 55.9 Å². The summed E-state index contributed by atoms with van der Waals surface area (Å²) in [7, 11) is 0. The Bertz CT molecular complexity index is 878. The van der Waals surface area contributed by atoms with Crippen molar-refractivity contribution >= 4 is 11.8 Å². The highest BCUT2D eigenvalue weighted by atomic mass is 16.2. The van der Waals surface area contributed by atoms with Crippen molar-refractivity contribution in [1.29, 1.82) is 0 Å². The van der Waals surface area contributed by atoms with Crippen molar-refractivity contribution in [2.45, 2.75) is 26.3 Å². The molecular weight excluding hydrogens is 424 g/mol. The molecular formula is C28H38N4O2. The third kappa shape index (κ3) is 6.67. The van der Waals surface area contributed by atoms with Crippen molar-refractivity contribution in [1.82, 2.24) is 20.0 Å². The van der Waals surface area contributed by atoms with E-state index in [2.05, 4.69) is 53.2 Å². The summed E-state index contributed by atoms with van der Waals surface area (Å²) in [6.07, 6.45) is 1.21. The van der Waals surface area contributed by atoms with Crippen LogP contribution in [-0.4, -0.2) is 78.9 Å². The van der Waals surface area contributed by atoms with Crippen molar-refractivity contribution in [2.24, 2.45) is 11.8 Å². The van der Waals surface area contributed by atoms with E-state index in [1.807, 2.05) is 41.3 Å². The standard InChI is InChI=1S/C28H38N4O2/c1-22-17-23(2)19-32(18-22)27(34)21-31-15-13-30(14-16-31)20-26(33)29-28(24-9-5-3-6-10-24)25-11-7-4-8-12-25/h3-12,22-23,28H,13-21H2,1-2H3,(H,29,33). The predicted molar refractivity (Wildman–Crippen MR) is 135 cm³/mol. The van der Waals surface area contributed by atoms with Gasteiger partial charge in [-0.05, 0) is 29.4 Å². The van der Waals surface area contributed by atoms with Crippen LogP contribution >= 0.6 is 0 Å². The highest BCUT2D eigenvalue weighted by Crippen LogP contribution is 2.22. The van der Waals surface area contributed by atoms with Gasteiger partial charge >= 0.3 is 0 Å². The number of carbonyl (C=O) groups excluding carboxylic acids is 2. The van der Waals surface area contributed by atoms with E-state index in [9.17, 15) is 9.59 Å². The SMILES string of the molecule is CC1CC(C)CN(C(=O)CN2CCN(CC(=O)NC(c3ccccc3)c3ccccc3)CC2)C1. The summed E-state index contributed by atoms with van der Waals surface area (Å²) >= 11 is 0. The molecule has 2 aromatic carbocycles. The lowest BCUT2D eigenvalue weighted by Gasteiger charge is -2.38. The first-order chi connectivity index (χ1) is 16.5. The Morgan fingerprint density at radius 1 is 0.794 bits per heavy atom. The minimum atomic E-state index is -0.164. The molecule has 0 bridgehead atoms. The van der Waals surface area contributed by atoms with Crippen LogP contribution in [-0.2, 0) is 9.59 Å². The third-order valence-corrected chi connectivity index (χ3v) is 6.98. The van der Waals surface area contributed by atoms with Crippen molar-refractivity contribution < 1.29 is 9.59 Å². The molecule has 6 nitrogen and oxygen atoms in total. The first kappa shape index (κ1) is 24.4. The fourth-order valence-electron chi connectivity index (χ4n) is 5.32. The summed E-state index contributed by atoms with van der Waals surface area (Å²) in [4.78, 5) is 32.3. The number of rotatable bonds is 7. The number of nitrogens with zero attached hydrogens (tertiary/aromatic N) is 3. The van der Waals surface area contributed by atoms with Gasteiger partial charge in [-0.3, -0.25) is 19.4 Å². The Balaban J connectivity index is 1.26. The van der Waals surface area contributed by atoms with Crippen LogP contribution < -0.4 is 5.32 Å². The molecule has 0 aromatic heterocycles. The van der Waals surface area contributed by atoms with Gasteiger partial charge in [0.1, 0.15) is 0 Å². The molecule has 2 saturated heterocycles. The molecule has 2 amide bonds. The number of carbonyl (C=O) groups is 2. The van der Waals surface area contributed by atoms with Crippen LogP contribution in [0.3, 0.4) is 0 Å². The molecule has 2 heterocycles. The number of piperazine rings is 1. The molecule has 0 aliphatic carbocycles. The van der Waals surface area contributed by atoms with Crippen LogP contribution in [0.15, 0.2) is 60.7 Å². The molecule has 2 aliphatic rings. The van der Waals surface area contributed by atoms with E-state index in [-0.39, 0.29) is 17.9 Å². The van der Waals surface area contributed by atoms with Gasteiger partial charge in [-0.15, -0.1) is 0 Å². The van der Waals surface area contributed by atoms with E-state index >= 15 is 0 Å². The number of hydrogen-bond acceptors (Lipinski definition) is 4. The average molecular weight is 463 g/mol. The lowest BCUT2D eigenvalue weighted by molar-refractivity contribution is -0.135. The van der Waals surface area contributed by atoms with Crippen LogP contribution in [0.25, 0.3) is 0 Å². The predicted octanol–water partition coefficient (Wildman–Crippen LogP) is 3.01. The first-order valence-electron chi connectivity index (χ1n) is 12.6. The number of piperidine rings is 1. The number of nitrogens with one attached hydrogen (secondary N) is 1. The zero-order valence-electron chi connectivity index (χ0n) is 20.5. The Kier molecular flexibility index (Phi) is 8.35. The molecule has 4 rings (SSSR count). The van der Waals surface area contributed by atoms with Crippen molar-refractivity contribution in [3.05, 3.63) is 71.8 Å². The zero-order chi connectivity index (χ0) is 23.9. The van der Waals surface area contributed by atoms with Gasteiger partial charge < -0.3 is 10.2 Å². The van der Waals surface area contributed by atoms with Crippen molar-refractivity contribution in [3.63, 3.8) is 0 Å². The average Bonchev–Trinajstić information content (AvgIpc) is 2.84. The lowest BCUT2D eigenvalue weighted by Crippen LogP contribution is -2.53. The Hall–Kier alpha value is -2.70. The van der Waals surface area contributed by atoms with E-state index in [1.54, 1.807) is 0 Å². The van der Waals surface area contributed by atoms with E-state index in [4.69, 9.17) is 0 Å². The quantitative estimate of drug-likeness (QED) is 0.687. The van der Waals surface area contributed by atoms with Gasteiger partial charge in [0.05, 0.1) is 19.1 Å². The van der Waals surface area contributed by atoms with Gasteiger partial charge in [0.15, 0.2) is 0 Å². The molecule has 0 saturated carbocycles. The normalized spacial score (nSPS) is 22.0. The van der Waals surface area contributed by atoms with Gasteiger partial charge in [-0.1, -0.05) is 74.5 Å². The Morgan fingerprint density at radius 3 is 1.76 bits per heavy atom. The summed E-state index contributed by atoms with van der Waals surface area (Å²) < 4.78 is 0. The van der Waals surface area contributed by atoms with Crippen LogP contribution in [0, 0.1) is 11.8 Å². The number of amides is 2. The molecule has 2 atom stereocenters. The fourth-order valence-corrected chi connectivity index (χ4v) is 5.32. The summed E-state index contributed by atoms with van der Waals surface area (Å²) in [5.41, 5.74) is 2.15. The summed E-state index contributed by atoms with van der Waals surface area (Å²) in [5.74, 6) is 1.44. The maximum Gasteiger partial charge on any atom is 0.236 e. The van der Waals surface area contributed by atoms with Crippen molar-refractivity contribution in [2.75, 3.05) is 52.4 Å². The third-order valence-electron chi connectivity index (χ3n) is 6.98. The second kappa shape index (κ2) is 11.6. The Morgan fingerprint density at radius 2 is 1.26 bits per heavy atom. The van der Waals surface area contributed by atoms with E-state index < -0.39 is 0 Å².